The number of carboxylic acids is 1. The van der Waals surface area contributed by atoms with E-state index in [0.717, 1.165) is 18.5 Å². The molecule has 0 spiro atoms. The molecule has 112 valence electrons. The third-order valence-electron chi connectivity index (χ3n) is 4.18. The average Bonchev–Trinajstić information content (AvgIpc) is 2.66. The van der Waals surface area contributed by atoms with E-state index in [0.29, 0.717) is 12.5 Å². The quantitative estimate of drug-likeness (QED) is 0.784. The van der Waals surface area contributed by atoms with Crippen LogP contribution >= 0.6 is 0 Å². The molecule has 0 aliphatic heterocycles. The van der Waals surface area contributed by atoms with Crippen molar-refractivity contribution in [2.75, 3.05) is 0 Å². The standard InChI is InChI=1S/C15H25N3O2/c1-18-9-8-13(17-18)11-16-14(10-15(19)20)12-6-4-2-3-5-7-12/h8-9,12,14,16H,2-7,10-11H2,1H3,(H,19,20). The minimum atomic E-state index is -0.715. The SMILES string of the molecule is Cn1ccc(CNC(CC(=O)O)C2CCCCCC2)n1. The molecule has 2 N–H and O–H groups in total. The first-order valence-electron chi connectivity index (χ1n) is 7.59. The lowest BCUT2D eigenvalue weighted by Gasteiger charge is -2.25. The van der Waals surface area contributed by atoms with Crippen molar-refractivity contribution in [3.05, 3.63) is 18.0 Å². The zero-order valence-electron chi connectivity index (χ0n) is 12.2. The van der Waals surface area contributed by atoms with Crippen LogP contribution < -0.4 is 5.32 Å². The number of aliphatic carboxylic acids is 1. The maximum atomic E-state index is 11.1. The molecule has 0 saturated heterocycles. The van der Waals surface area contributed by atoms with Crippen LogP contribution in [0.5, 0.6) is 0 Å². The molecule has 1 aromatic rings. The Labute approximate surface area is 120 Å². The minimum absolute atomic E-state index is 0.0626. The van der Waals surface area contributed by atoms with E-state index in [-0.39, 0.29) is 12.5 Å². The summed E-state index contributed by atoms with van der Waals surface area (Å²) < 4.78 is 1.77. The van der Waals surface area contributed by atoms with E-state index in [1.807, 2.05) is 19.3 Å². The molecule has 5 nitrogen and oxygen atoms in total. The number of hydrogen-bond donors (Lipinski definition) is 2. The summed E-state index contributed by atoms with van der Waals surface area (Å²) in [4.78, 5) is 11.1. The molecule has 1 atom stereocenters. The van der Waals surface area contributed by atoms with Gasteiger partial charge < -0.3 is 10.4 Å². The fourth-order valence-electron chi connectivity index (χ4n) is 3.10. The van der Waals surface area contributed by atoms with Gasteiger partial charge in [0.15, 0.2) is 0 Å². The fraction of sp³-hybridized carbons (Fsp3) is 0.733. The Bertz CT molecular complexity index is 423. The lowest BCUT2D eigenvalue weighted by molar-refractivity contribution is -0.138. The van der Waals surface area contributed by atoms with Gasteiger partial charge in [-0.3, -0.25) is 9.48 Å². The van der Waals surface area contributed by atoms with Crippen molar-refractivity contribution < 1.29 is 9.90 Å². The van der Waals surface area contributed by atoms with Gasteiger partial charge in [0.2, 0.25) is 0 Å². The van der Waals surface area contributed by atoms with E-state index >= 15 is 0 Å². The Morgan fingerprint density at radius 1 is 1.45 bits per heavy atom. The maximum Gasteiger partial charge on any atom is 0.304 e. The molecule has 1 unspecified atom stereocenters. The van der Waals surface area contributed by atoms with Gasteiger partial charge in [-0.2, -0.15) is 5.10 Å². The Balaban J connectivity index is 1.93. The summed E-state index contributed by atoms with van der Waals surface area (Å²) in [7, 11) is 1.89. The fourth-order valence-corrected chi connectivity index (χ4v) is 3.10. The number of nitrogens with zero attached hydrogens (tertiary/aromatic N) is 2. The van der Waals surface area contributed by atoms with E-state index in [1.54, 1.807) is 4.68 Å². The van der Waals surface area contributed by atoms with Crippen LogP contribution in [0.2, 0.25) is 0 Å². The average molecular weight is 279 g/mol. The van der Waals surface area contributed by atoms with Gasteiger partial charge in [-0.15, -0.1) is 0 Å². The first-order valence-corrected chi connectivity index (χ1v) is 7.59. The number of carbonyl (C=O) groups is 1. The molecule has 2 rings (SSSR count). The Morgan fingerprint density at radius 2 is 2.15 bits per heavy atom. The summed E-state index contributed by atoms with van der Waals surface area (Å²) in [6, 6.07) is 2.03. The molecule has 20 heavy (non-hydrogen) atoms. The number of rotatable bonds is 6. The summed E-state index contributed by atoms with van der Waals surface area (Å²) in [6.45, 7) is 0.648. The molecule has 0 radical (unpaired) electrons. The van der Waals surface area contributed by atoms with Crippen molar-refractivity contribution in [3.8, 4) is 0 Å². The number of carboxylic acid groups (broad SMARTS) is 1. The van der Waals surface area contributed by atoms with Gasteiger partial charge in [0.25, 0.3) is 0 Å². The lowest BCUT2D eigenvalue weighted by Crippen LogP contribution is -2.37. The van der Waals surface area contributed by atoms with Crippen LogP contribution in [0.25, 0.3) is 0 Å². The second kappa shape index (κ2) is 7.43. The summed E-state index contributed by atoms with van der Waals surface area (Å²) in [5.74, 6) is -0.231. The highest BCUT2D eigenvalue weighted by Crippen LogP contribution is 2.27. The van der Waals surface area contributed by atoms with Crippen LogP contribution in [0.15, 0.2) is 12.3 Å². The van der Waals surface area contributed by atoms with Crippen molar-refractivity contribution in [3.63, 3.8) is 0 Å². The molecule has 1 aromatic heterocycles. The third kappa shape index (κ3) is 4.63. The highest BCUT2D eigenvalue weighted by molar-refractivity contribution is 5.67. The van der Waals surface area contributed by atoms with Crippen LogP contribution in [0, 0.1) is 5.92 Å². The monoisotopic (exact) mass is 279 g/mol. The van der Waals surface area contributed by atoms with E-state index in [9.17, 15) is 4.79 Å². The summed E-state index contributed by atoms with van der Waals surface area (Å²) in [5.41, 5.74) is 0.969. The molecule has 1 heterocycles. The summed E-state index contributed by atoms with van der Waals surface area (Å²) in [6.07, 6.45) is 9.44. The Hall–Kier alpha value is -1.36. The summed E-state index contributed by atoms with van der Waals surface area (Å²) in [5, 5.41) is 16.9. The number of aromatic nitrogens is 2. The second-order valence-electron chi connectivity index (χ2n) is 5.82. The molecule has 1 aliphatic carbocycles. The largest absolute Gasteiger partial charge is 0.481 e. The number of nitrogens with one attached hydrogen (secondary N) is 1. The van der Waals surface area contributed by atoms with Crippen LogP contribution in [0.3, 0.4) is 0 Å². The third-order valence-corrected chi connectivity index (χ3v) is 4.18. The predicted molar refractivity (Wildman–Crippen MR) is 77.3 cm³/mol. The van der Waals surface area contributed by atoms with Gasteiger partial charge in [0.05, 0.1) is 12.1 Å². The van der Waals surface area contributed by atoms with E-state index in [1.165, 1.54) is 25.7 Å². The zero-order chi connectivity index (χ0) is 14.4. The molecular weight excluding hydrogens is 254 g/mol. The Kier molecular flexibility index (Phi) is 5.59. The topological polar surface area (TPSA) is 67.2 Å². The van der Waals surface area contributed by atoms with E-state index < -0.39 is 5.97 Å². The van der Waals surface area contributed by atoms with Gasteiger partial charge in [0, 0.05) is 25.8 Å². The van der Waals surface area contributed by atoms with Crippen LogP contribution in [-0.4, -0.2) is 26.9 Å². The summed E-state index contributed by atoms with van der Waals surface area (Å²) >= 11 is 0. The van der Waals surface area contributed by atoms with Gasteiger partial charge in [0.1, 0.15) is 0 Å². The van der Waals surface area contributed by atoms with E-state index in [4.69, 9.17) is 5.11 Å². The zero-order valence-corrected chi connectivity index (χ0v) is 12.2. The van der Waals surface area contributed by atoms with Crippen LogP contribution in [-0.2, 0) is 18.4 Å². The molecule has 1 saturated carbocycles. The number of aryl methyl sites for hydroxylation is 1. The van der Waals surface area contributed by atoms with Crippen molar-refractivity contribution in [2.45, 2.75) is 57.5 Å². The normalized spacial score (nSPS) is 18.6. The van der Waals surface area contributed by atoms with Crippen molar-refractivity contribution in [2.24, 2.45) is 13.0 Å². The van der Waals surface area contributed by atoms with Crippen molar-refractivity contribution in [1.29, 1.82) is 0 Å². The van der Waals surface area contributed by atoms with Gasteiger partial charge in [-0.25, -0.2) is 0 Å². The van der Waals surface area contributed by atoms with Gasteiger partial charge in [-0.1, -0.05) is 25.7 Å². The van der Waals surface area contributed by atoms with Crippen molar-refractivity contribution >= 4 is 5.97 Å². The maximum absolute atomic E-state index is 11.1. The molecule has 5 heteroatoms. The smallest absolute Gasteiger partial charge is 0.304 e. The second-order valence-corrected chi connectivity index (χ2v) is 5.82. The van der Waals surface area contributed by atoms with Gasteiger partial charge >= 0.3 is 5.97 Å². The lowest BCUT2D eigenvalue weighted by atomic mass is 9.89. The first kappa shape index (κ1) is 15.0. The first-order chi connectivity index (χ1) is 9.65. The molecule has 1 aliphatic rings. The predicted octanol–water partition coefficient (Wildman–Crippen LogP) is 2.32. The van der Waals surface area contributed by atoms with Crippen LogP contribution in [0.1, 0.15) is 50.6 Å². The Morgan fingerprint density at radius 3 is 2.70 bits per heavy atom. The van der Waals surface area contributed by atoms with Crippen molar-refractivity contribution in [1.82, 2.24) is 15.1 Å². The molecule has 0 aromatic carbocycles. The number of hydrogen-bond acceptors (Lipinski definition) is 3. The highest BCUT2D eigenvalue weighted by atomic mass is 16.4. The van der Waals surface area contributed by atoms with E-state index in [2.05, 4.69) is 10.4 Å². The molecule has 0 amide bonds. The van der Waals surface area contributed by atoms with Crippen LogP contribution in [0.4, 0.5) is 0 Å². The molecule has 1 fully saturated rings. The molecule has 0 bridgehead atoms. The highest BCUT2D eigenvalue weighted by Gasteiger charge is 2.24. The van der Waals surface area contributed by atoms with Gasteiger partial charge in [-0.05, 0) is 24.8 Å². The molecular formula is C15H25N3O2. The minimum Gasteiger partial charge on any atom is -0.481 e.